The van der Waals surface area contributed by atoms with E-state index in [1.807, 2.05) is 12.4 Å². The Hall–Kier alpha value is -0.970. The molecule has 1 heterocycles. The highest BCUT2D eigenvalue weighted by Crippen LogP contribution is 2.26. The first kappa shape index (κ1) is 17.1. The van der Waals surface area contributed by atoms with Gasteiger partial charge >= 0.3 is 0 Å². The SMILES string of the molecule is CCC(N)C(c1ccncc1)N(CC)C(C)CN(C)C. The van der Waals surface area contributed by atoms with E-state index >= 15 is 0 Å². The van der Waals surface area contributed by atoms with E-state index in [2.05, 4.69) is 61.8 Å². The summed E-state index contributed by atoms with van der Waals surface area (Å²) in [6, 6.07) is 5.03. The van der Waals surface area contributed by atoms with Gasteiger partial charge in [0.2, 0.25) is 0 Å². The lowest BCUT2D eigenvalue weighted by molar-refractivity contribution is 0.109. The van der Waals surface area contributed by atoms with Crippen molar-refractivity contribution in [1.29, 1.82) is 0 Å². The summed E-state index contributed by atoms with van der Waals surface area (Å²) in [5.74, 6) is 0. The first-order valence-electron chi connectivity index (χ1n) is 7.57. The molecule has 0 radical (unpaired) electrons. The van der Waals surface area contributed by atoms with Crippen molar-refractivity contribution in [2.75, 3.05) is 27.2 Å². The van der Waals surface area contributed by atoms with Gasteiger partial charge in [-0.25, -0.2) is 0 Å². The largest absolute Gasteiger partial charge is 0.326 e. The summed E-state index contributed by atoms with van der Waals surface area (Å²) in [5.41, 5.74) is 7.68. The number of nitrogens with zero attached hydrogens (tertiary/aromatic N) is 3. The molecule has 1 aromatic heterocycles. The van der Waals surface area contributed by atoms with Gasteiger partial charge < -0.3 is 10.6 Å². The van der Waals surface area contributed by atoms with Crippen LogP contribution in [-0.2, 0) is 0 Å². The Balaban J connectivity index is 3.01. The first-order valence-corrected chi connectivity index (χ1v) is 7.57. The van der Waals surface area contributed by atoms with Crippen LogP contribution >= 0.6 is 0 Å². The fourth-order valence-corrected chi connectivity index (χ4v) is 2.88. The minimum atomic E-state index is 0.141. The fraction of sp³-hybridized carbons (Fsp3) is 0.688. The summed E-state index contributed by atoms with van der Waals surface area (Å²) in [7, 11) is 4.23. The molecule has 2 N–H and O–H groups in total. The topological polar surface area (TPSA) is 45.4 Å². The van der Waals surface area contributed by atoms with Gasteiger partial charge in [-0.3, -0.25) is 9.88 Å². The number of likely N-dealkylation sites (N-methyl/N-ethyl adjacent to an activating group) is 2. The van der Waals surface area contributed by atoms with Crippen molar-refractivity contribution in [3.63, 3.8) is 0 Å². The minimum absolute atomic E-state index is 0.141. The van der Waals surface area contributed by atoms with Crippen LogP contribution in [0.5, 0.6) is 0 Å². The average molecular weight is 278 g/mol. The Bertz CT molecular complexity index is 366. The Labute approximate surface area is 124 Å². The third kappa shape index (κ3) is 4.54. The predicted molar refractivity (Wildman–Crippen MR) is 85.6 cm³/mol. The number of pyridine rings is 1. The minimum Gasteiger partial charge on any atom is -0.326 e. The highest BCUT2D eigenvalue weighted by Gasteiger charge is 2.28. The summed E-state index contributed by atoms with van der Waals surface area (Å²) < 4.78 is 0. The molecule has 0 aliphatic heterocycles. The second kappa shape index (κ2) is 8.35. The predicted octanol–water partition coefficient (Wildman–Crippen LogP) is 2.13. The Morgan fingerprint density at radius 3 is 2.25 bits per heavy atom. The standard InChI is InChI=1S/C16H30N4/c1-6-15(17)16(14-8-10-18-11-9-14)20(7-2)13(3)12-19(4)5/h8-11,13,15-16H,6-7,12,17H2,1-5H3. The monoisotopic (exact) mass is 278 g/mol. The van der Waals surface area contributed by atoms with Crippen LogP contribution < -0.4 is 5.73 Å². The van der Waals surface area contributed by atoms with Crippen LogP contribution in [-0.4, -0.2) is 54.1 Å². The zero-order valence-corrected chi connectivity index (χ0v) is 13.6. The molecule has 20 heavy (non-hydrogen) atoms. The van der Waals surface area contributed by atoms with Crippen LogP contribution in [0.2, 0.25) is 0 Å². The zero-order chi connectivity index (χ0) is 15.1. The molecule has 1 rings (SSSR count). The van der Waals surface area contributed by atoms with E-state index in [0.717, 1.165) is 19.5 Å². The van der Waals surface area contributed by atoms with E-state index in [0.29, 0.717) is 6.04 Å². The fourth-order valence-electron chi connectivity index (χ4n) is 2.88. The molecule has 0 bridgehead atoms. The average Bonchev–Trinajstić information content (AvgIpc) is 2.43. The van der Waals surface area contributed by atoms with Crippen LogP contribution in [0.25, 0.3) is 0 Å². The lowest BCUT2D eigenvalue weighted by Gasteiger charge is -2.40. The van der Waals surface area contributed by atoms with Crippen molar-refractivity contribution in [1.82, 2.24) is 14.8 Å². The summed E-state index contributed by atoms with van der Waals surface area (Å²) in [5, 5.41) is 0. The van der Waals surface area contributed by atoms with E-state index in [9.17, 15) is 0 Å². The molecule has 0 saturated carbocycles. The van der Waals surface area contributed by atoms with Gasteiger partial charge in [0.15, 0.2) is 0 Å². The van der Waals surface area contributed by atoms with Crippen molar-refractivity contribution < 1.29 is 0 Å². The highest BCUT2D eigenvalue weighted by molar-refractivity contribution is 5.17. The second-order valence-corrected chi connectivity index (χ2v) is 5.74. The molecule has 4 nitrogen and oxygen atoms in total. The van der Waals surface area contributed by atoms with Gasteiger partial charge in [0, 0.05) is 31.0 Å². The van der Waals surface area contributed by atoms with Crippen molar-refractivity contribution in [3.8, 4) is 0 Å². The molecule has 114 valence electrons. The van der Waals surface area contributed by atoms with E-state index < -0.39 is 0 Å². The molecule has 4 heteroatoms. The molecule has 0 saturated heterocycles. The number of rotatable bonds is 8. The summed E-state index contributed by atoms with van der Waals surface area (Å²) in [4.78, 5) is 8.86. The normalized spacial score (nSPS) is 16.4. The summed E-state index contributed by atoms with van der Waals surface area (Å²) >= 11 is 0. The van der Waals surface area contributed by atoms with Crippen LogP contribution in [0.4, 0.5) is 0 Å². The van der Waals surface area contributed by atoms with Gasteiger partial charge in [-0.05, 0) is 51.7 Å². The van der Waals surface area contributed by atoms with Crippen LogP contribution in [0.3, 0.4) is 0 Å². The molecule has 0 fully saturated rings. The van der Waals surface area contributed by atoms with Crippen molar-refractivity contribution in [3.05, 3.63) is 30.1 Å². The zero-order valence-electron chi connectivity index (χ0n) is 13.6. The maximum Gasteiger partial charge on any atom is 0.0503 e. The van der Waals surface area contributed by atoms with E-state index in [1.165, 1.54) is 5.56 Å². The smallest absolute Gasteiger partial charge is 0.0503 e. The van der Waals surface area contributed by atoms with Crippen LogP contribution in [0.1, 0.15) is 38.8 Å². The van der Waals surface area contributed by atoms with E-state index in [4.69, 9.17) is 5.73 Å². The quantitative estimate of drug-likeness (QED) is 0.791. The maximum atomic E-state index is 6.42. The van der Waals surface area contributed by atoms with Gasteiger partial charge in [0.1, 0.15) is 0 Å². The molecule has 0 spiro atoms. The lowest BCUT2D eigenvalue weighted by Crippen LogP contribution is -2.48. The molecule has 3 atom stereocenters. The Morgan fingerprint density at radius 1 is 1.20 bits per heavy atom. The van der Waals surface area contributed by atoms with Crippen molar-refractivity contribution in [2.24, 2.45) is 5.73 Å². The maximum absolute atomic E-state index is 6.42. The second-order valence-electron chi connectivity index (χ2n) is 5.74. The first-order chi connectivity index (χ1) is 9.51. The van der Waals surface area contributed by atoms with Gasteiger partial charge in [-0.15, -0.1) is 0 Å². The molecule has 0 aromatic carbocycles. The van der Waals surface area contributed by atoms with E-state index in [1.54, 1.807) is 0 Å². The lowest BCUT2D eigenvalue weighted by atomic mass is 9.95. The Kier molecular flexibility index (Phi) is 7.13. The number of nitrogens with two attached hydrogens (primary N) is 1. The van der Waals surface area contributed by atoms with Crippen molar-refractivity contribution in [2.45, 2.75) is 45.3 Å². The molecule has 3 unspecified atom stereocenters. The molecule has 0 aliphatic carbocycles. The highest BCUT2D eigenvalue weighted by atomic mass is 15.2. The summed E-state index contributed by atoms with van der Waals surface area (Å²) in [6.45, 7) is 8.67. The molecule has 1 aromatic rings. The van der Waals surface area contributed by atoms with Crippen LogP contribution in [0.15, 0.2) is 24.5 Å². The van der Waals surface area contributed by atoms with Crippen molar-refractivity contribution >= 4 is 0 Å². The molecular weight excluding hydrogens is 248 g/mol. The number of hydrogen-bond acceptors (Lipinski definition) is 4. The molecular formula is C16H30N4. The van der Waals surface area contributed by atoms with Crippen LogP contribution in [0, 0.1) is 0 Å². The van der Waals surface area contributed by atoms with E-state index in [-0.39, 0.29) is 12.1 Å². The van der Waals surface area contributed by atoms with Gasteiger partial charge in [-0.2, -0.15) is 0 Å². The Morgan fingerprint density at radius 2 is 1.80 bits per heavy atom. The van der Waals surface area contributed by atoms with Gasteiger partial charge in [0.05, 0.1) is 6.04 Å². The third-order valence-corrected chi connectivity index (χ3v) is 3.84. The number of hydrogen-bond donors (Lipinski definition) is 1. The van der Waals surface area contributed by atoms with Gasteiger partial charge in [0.25, 0.3) is 0 Å². The van der Waals surface area contributed by atoms with Gasteiger partial charge in [-0.1, -0.05) is 13.8 Å². The third-order valence-electron chi connectivity index (χ3n) is 3.84. The summed E-state index contributed by atoms with van der Waals surface area (Å²) in [6.07, 6.45) is 4.68. The molecule has 0 amide bonds. The number of aromatic nitrogens is 1. The molecule has 0 aliphatic rings.